The van der Waals surface area contributed by atoms with Gasteiger partial charge in [-0.2, -0.15) is 5.10 Å². The molecule has 0 unspecified atom stereocenters. The molecule has 0 atom stereocenters. The number of carbonyl (C=O) groups is 1. The van der Waals surface area contributed by atoms with E-state index in [4.69, 9.17) is 9.47 Å². The maximum Gasteiger partial charge on any atom is 0.277 e. The number of hydrogen-bond acceptors (Lipinski definition) is 5. The molecular weight excluding hydrogens is 348 g/mol. The van der Waals surface area contributed by atoms with Gasteiger partial charge in [0.25, 0.3) is 5.56 Å². The second kappa shape index (κ2) is 6.15. The van der Waals surface area contributed by atoms with Gasteiger partial charge >= 0.3 is 0 Å². The molecule has 1 amide bonds. The van der Waals surface area contributed by atoms with Crippen LogP contribution in [0.1, 0.15) is 24.1 Å². The quantitative estimate of drug-likeness (QED) is 0.763. The first-order valence-electron chi connectivity index (χ1n) is 8.98. The lowest BCUT2D eigenvalue weighted by Gasteiger charge is -2.10. The van der Waals surface area contributed by atoms with Crippen molar-refractivity contribution in [3.8, 4) is 11.5 Å². The fraction of sp³-hybridized carbons (Fsp3) is 0.316. The van der Waals surface area contributed by atoms with Crippen molar-refractivity contribution in [2.45, 2.75) is 32.2 Å². The predicted molar refractivity (Wildman–Crippen MR) is 97.3 cm³/mol. The highest BCUT2D eigenvalue weighted by molar-refractivity contribution is 5.91. The first kappa shape index (κ1) is 15.9. The molecule has 2 aliphatic rings. The van der Waals surface area contributed by atoms with Crippen LogP contribution in [0.3, 0.4) is 0 Å². The predicted octanol–water partition coefficient (Wildman–Crippen LogP) is 1.74. The SMILES string of the molecule is O=C(Cn1ccn2nc3c(c2c1=O)CCCC3)Nc1ccc2c(c1)OCO2. The number of rotatable bonds is 3. The average Bonchev–Trinajstić information content (AvgIpc) is 3.28. The maximum absolute atomic E-state index is 12.9. The van der Waals surface area contributed by atoms with Crippen molar-refractivity contribution in [2.75, 3.05) is 12.1 Å². The molecule has 27 heavy (non-hydrogen) atoms. The van der Waals surface area contributed by atoms with E-state index in [9.17, 15) is 9.59 Å². The van der Waals surface area contributed by atoms with Gasteiger partial charge in [-0.15, -0.1) is 0 Å². The molecule has 138 valence electrons. The topological polar surface area (TPSA) is 86.9 Å². The van der Waals surface area contributed by atoms with Gasteiger partial charge in [0.15, 0.2) is 11.5 Å². The Morgan fingerprint density at radius 3 is 2.93 bits per heavy atom. The summed E-state index contributed by atoms with van der Waals surface area (Å²) in [5.41, 5.74) is 3.02. The van der Waals surface area contributed by atoms with Crippen molar-refractivity contribution in [2.24, 2.45) is 0 Å². The van der Waals surface area contributed by atoms with Gasteiger partial charge in [0, 0.05) is 29.7 Å². The molecule has 3 heterocycles. The van der Waals surface area contributed by atoms with Gasteiger partial charge < -0.3 is 19.4 Å². The van der Waals surface area contributed by atoms with Crippen LogP contribution >= 0.6 is 0 Å². The summed E-state index contributed by atoms with van der Waals surface area (Å²) >= 11 is 0. The Balaban J connectivity index is 1.40. The zero-order valence-corrected chi connectivity index (χ0v) is 14.6. The van der Waals surface area contributed by atoms with Crippen LogP contribution in [-0.2, 0) is 24.2 Å². The van der Waals surface area contributed by atoms with E-state index in [-0.39, 0.29) is 24.8 Å². The molecule has 3 aromatic rings. The molecule has 2 aromatic heterocycles. The first-order chi connectivity index (χ1) is 13.2. The number of aromatic nitrogens is 3. The number of ether oxygens (including phenoxy) is 2. The van der Waals surface area contributed by atoms with Gasteiger partial charge in [0.1, 0.15) is 12.1 Å². The second-order valence-electron chi connectivity index (χ2n) is 6.77. The normalized spacial score (nSPS) is 15.0. The van der Waals surface area contributed by atoms with E-state index in [1.54, 1.807) is 35.1 Å². The lowest BCUT2D eigenvalue weighted by molar-refractivity contribution is -0.116. The lowest BCUT2D eigenvalue weighted by atomic mass is 9.97. The molecule has 1 N–H and O–H groups in total. The summed E-state index contributed by atoms with van der Waals surface area (Å²) < 4.78 is 13.6. The number of anilines is 1. The highest BCUT2D eigenvalue weighted by atomic mass is 16.7. The minimum absolute atomic E-state index is 0.0657. The number of carbonyl (C=O) groups excluding carboxylic acids is 1. The van der Waals surface area contributed by atoms with Crippen molar-refractivity contribution >= 4 is 17.1 Å². The van der Waals surface area contributed by atoms with E-state index in [1.165, 1.54) is 4.57 Å². The van der Waals surface area contributed by atoms with Crippen LogP contribution in [0, 0.1) is 0 Å². The molecule has 0 spiro atoms. The maximum atomic E-state index is 12.9. The molecule has 0 saturated heterocycles. The zero-order valence-electron chi connectivity index (χ0n) is 14.6. The highest BCUT2D eigenvalue weighted by Gasteiger charge is 2.20. The van der Waals surface area contributed by atoms with Crippen molar-refractivity contribution in [1.29, 1.82) is 0 Å². The van der Waals surface area contributed by atoms with E-state index in [2.05, 4.69) is 10.4 Å². The number of nitrogens with zero attached hydrogens (tertiary/aromatic N) is 3. The van der Waals surface area contributed by atoms with Crippen LogP contribution in [0.2, 0.25) is 0 Å². The monoisotopic (exact) mass is 366 g/mol. The van der Waals surface area contributed by atoms with Gasteiger partial charge in [-0.05, 0) is 37.8 Å². The lowest BCUT2D eigenvalue weighted by Crippen LogP contribution is -2.28. The summed E-state index contributed by atoms with van der Waals surface area (Å²) in [7, 11) is 0. The van der Waals surface area contributed by atoms with E-state index in [1.807, 2.05) is 0 Å². The van der Waals surface area contributed by atoms with Crippen LogP contribution < -0.4 is 20.3 Å². The van der Waals surface area contributed by atoms with Crippen LogP contribution in [-0.4, -0.2) is 26.9 Å². The summed E-state index contributed by atoms with van der Waals surface area (Å²) in [5.74, 6) is 0.964. The van der Waals surface area contributed by atoms with E-state index in [0.717, 1.165) is 36.9 Å². The molecule has 5 rings (SSSR count). The molecule has 0 radical (unpaired) electrons. The summed E-state index contributed by atoms with van der Waals surface area (Å²) in [6, 6.07) is 5.19. The van der Waals surface area contributed by atoms with Gasteiger partial charge in [-0.25, -0.2) is 4.52 Å². The molecule has 0 fully saturated rings. The Hall–Kier alpha value is -3.29. The number of aryl methyl sites for hydroxylation is 2. The Labute approximate surface area is 154 Å². The Kier molecular flexibility index (Phi) is 3.63. The smallest absolute Gasteiger partial charge is 0.277 e. The fourth-order valence-corrected chi connectivity index (χ4v) is 3.71. The van der Waals surface area contributed by atoms with Gasteiger partial charge in [-0.1, -0.05) is 0 Å². The summed E-state index contributed by atoms with van der Waals surface area (Å²) in [5, 5.41) is 7.31. The third-order valence-electron chi connectivity index (χ3n) is 5.00. The largest absolute Gasteiger partial charge is 0.454 e. The molecule has 1 aromatic carbocycles. The number of fused-ring (bicyclic) bond motifs is 4. The third-order valence-corrected chi connectivity index (χ3v) is 5.00. The molecule has 8 nitrogen and oxygen atoms in total. The van der Waals surface area contributed by atoms with Crippen molar-refractivity contribution in [3.05, 3.63) is 52.2 Å². The van der Waals surface area contributed by atoms with Crippen LogP contribution in [0.25, 0.3) is 5.52 Å². The molecular formula is C19H18N4O4. The van der Waals surface area contributed by atoms with E-state index in [0.29, 0.717) is 22.7 Å². The van der Waals surface area contributed by atoms with Crippen molar-refractivity contribution in [3.63, 3.8) is 0 Å². The molecule has 0 saturated carbocycles. The number of hydrogen-bond donors (Lipinski definition) is 1. The minimum atomic E-state index is -0.284. The molecule has 1 aliphatic heterocycles. The minimum Gasteiger partial charge on any atom is -0.454 e. The number of nitrogens with one attached hydrogen (secondary N) is 1. The number of benzene rings is 1. The summed E-state index contributed by atoms with van der Waals surface area (Å²) in [6.07, 6.45) is 7.27. The van der Waals surface area contributed by atoms with Crippen LogP contribution in [0.15, 0.2) is 35.4 Å². The van der Waals surface area contributed by atoms with Gasteiger partial charge in [0.05, 0.1) is 5.69 Å². The van der Waals surface area contributed by atoms with E-state index >= 15 is 0 Å². The Morgan fingerprint density at radius 2 is 2.00 bits per heavy atom. The summed E-state index contributed by atoms with van der Waals surface area (Å²) in [6.45, 7) is 0.113. The standard InChI is InChI=1S/C19H18N4O4/c24-17(20-12-5-6-15-16(9-12)27-11-26-15)10-22-7-8-23-18(19(22)25)13-3-1-2-4-14(13)21-23/h5-9H,1-4,10-11H2,(H,20,24). The Bertz CT molecular complexity index is 1110. The van der Waals surface area contributed by atoms with Crippen LogP contribution in [0.5, 0.6) is 11.5 Å². The average molecular weight is 366 g/mol. The third kappa shape index (κ3) is 2.73. The van der Waals surface area contributed by atoms with Gasteiger partial charge in [-0.3, -0.25) is 9.59 Å². The highest BCUT2D eigenvalue weighted by Crippen LogP contribution is 2.34. The second-order valence-corrected chi connectivity index (χ2v) is 6.77. The fourth-order valence-electron chi connectivity index (χ4n) is 3.71. The van der Waals surface area contributed by atoms with Gasteiger partial charge in [0.2, 0.25) is 12.7 Å². The van der Waals surface area contributed by atoms with Crippen molar-refractivity contribution in [1.82, 2.24) is 14.2 Å². The van der Waals surface area contributed by atoms with Crippen LogP contribution in [0.4, 0.5) is 5.69 Å². The van der Waals surface area contributed by atoms with E-state index < -0.39 is 0 Å². The van der Waals surface area contributed by atoms with Crippen molar-refractivity contribution < 1.29 is 14.3 Å². The Morgan fingerprint density at radius 1 is 1.15 bits per heavy atom. The summed E-state index contributed by atoms with van der Waals surface area (Å²) in [4.78, 5) is 25.3. The number of amides is 1. The first-order valence-corrected chi connectivity index (χ1v) is 8.98. The molecule has 1 aliphatic carbocycles. The molecule has 8 heteroatoms. The molecule has 0 bridgehead atoms. The zero-order chi connectivity index (χ0) is 18.4.